The smallest absolute Gasteiger partial charge is 0.372 e. The minimum Gasteiger partial charge on any atom is -0.461 e. The van der Waals surface area contributed by atoms with Gasteiger partial charge in [0.1, 0.15) is 6.29 Å². The first-order valence-electron chi connectivity index (χ1n) is 7.09. The molecule has 0 aliphatic carbocycles. The van der Waals surface area contributed by atoms with E-state index in [-0.39, 0.29) is 12.5 Å². The van der Waals surface area contributed by atoms with Crippen molar-refractivity contribution in [1.29, 1.82) is 0 Å². The molecule has 4 nitrogen and oxygen atoms in total. The third-order valence-corrected chi connectivity index (χ3v) is 3.07. The van der Waals surface area contributed by atoms with E-state index >= 15 is 0 Å². The summed E-state index contributed by atoms with van der Waals surface area (Å²) >= 11 is 0. The zero-order valence-corrected chi connectivity index (χ0v) is 12.4. The molecule has 0 saturated heterocycles. The Labute approximate surface area is 129 Å². The van der Waals surface area contributed by atoms with Crippen LogP contribution in [0.15, 0.2) is 48.8 Å². The molecule has 0 amide bonds. The number of carbonyl (C=O) groups excluding carboxylic acids is 2. The molecule has 1 heterocycles. The summed E-state index contributed by atoms with van der Waals surface area (Å²) in [5.41, 5.74) is 2.71. The first kappa shape index (κ1) is 15.6. The summed E-state index contributed by atoms with van der Waals surface area (Å²) in [6.07, 6.45) is 8.45. The van der Waals surface area contributed by atoms with Crippen LogP contribution in [0.2, 0.25) is 0 Å². The third-order valence-electron chi connectivity index (χ3n) is 3.07. The Hall–Kier alpha value is -2.75. The lowest BCUT2D eigenvalue weighted by Crippen LogP contribution is -2.37. The van der Waals surface area contributed by atoms with E-state index in [2.05, 4.69) is 0 Å². The highest BCUT2D eigenvalue weighted by Crippen LogP contribution is 2.08. The summed E-state index contributed by atoms with van der Waals surface area (Å²) in [5, 5.41) is 0. The largest absolute Gasteiger partial charge is 0.461 e. The molecule has 0 aliphatic heterocycles. The maximum Gasteiger partial charge on any atom is 0.372 e. The van der Waals surface area contributed by atoms with Crippen molar-refractivity contribution in [1.82, 2.24) is 0 Å². The van der Waals surface area contributed by atoms with Crippen LogP contribution in [-0.2, 0) is 16.1 Å². The number of benzene rings is 1. The highest BCUT2D eigenvalue weighted by atomic mass is 16.5. The van der Waals surface area contributed by atoms with Crippen LogP contribution in [0.4, 0.5) is 0 Å². The van der Waals surface area contributed by atoms with Gasteiger partial charge in [-0.2, -0.15) is 4.57 Å². The summed E-state index contributed by atoms with van der Waals surface area (Å²) in [6.45, 7) is 2.40. The van der Waals surface area contributed by atoms with E-state index in [9.17, 15) is 9.59 Å². The number of carbonyl (C=O) groups is 2. The number of ether oxygens (including phenoxy) is 1. The highest BCUT2D eigenvalue weighted by Gasteiger charge is 2.08. The number of hydrogen-bond acceptors (Lipinski definition) is 3. The Morgan fingerprint density at radius 2 is 1.55 bits per heavy atom. The number of hydrogen-bond donors (Lipinski definition) is 0. The fourth-order valence-corrected chi connectivity index (χ4v) is 1.92. The van der Waals surface area contributed by atoms with Gasteiger partial charge in [-0.25, -0.2) is 4.79 Å². The normalized spacial score (nSPS) is 10.6. The van der Waals surface area contributed by atoms with E-state index in [0.29, 0.717) is 12.2 Å². The van der Waals surface area contributed by atoms with E-state index < -0.39 is 0 Å². The van der Waals surface area contributed by atoms with Gasteiger partial charge >= 0.3 is 5.97 Å². The number of rotatable bonds is 6. The monoisotopic (exact) mass is 296 g/mol. The van der Waals surface area contributed by atoms with Gasteiger partial charge in [0.25, 0.3) is 0 Å². The maximum absolute atomic E-state index is 11.4. The second-order valence-corrected chi connectivity index (χ2v) is 4.73. The van der Waals surface area contributed by atoms with Crippen molar-refractivity contribution in [2.24, 2.45) is 0 Å². The molecular formula is C18H18NO3+. The minimum absolute atomic E-state index is 0.213. The molecule has 0 bridgehead atoms. The molecular weight excluding hydrogens is 278 g/mol. The number of pyridine rings is 1. The maximum atomic E-state index is 11.4. The van der Waals surface area contributed by atoms with Gasteiger partial charge in [-0.05, 0) is 18.1 Å². The predicted molar refractivity (Wildman–Crippen MR) is 84.0 cm³/mol. The number of aldehydes is 1. The van der Waals surface area contributed by atoms with Gasteiger partial charge in [0.2, 0.25) is 6.54 Å². The van der Waals surface area contributed by atoms with E-state index in [1.165, 1.54) is 0 Å². The van der Waals surface area contributed by atoms with Crippen LogP contribution in [0.3, 0.4) is 0 Å². The molecule has 4 heteroatoms. The van der Waals surface area contributed by atoms with Gasteiger partial charge in [0, 0.05) is 17.7 Å². The topological polar surface area (TPSA) is 47.2 Å². The SMILES string of the molecule is CCOC(=O)C[n+]1ccc(/C=C/c2ccc(C=O)cc2)cc1. The molecule has 0 atom stereocenters. The van der Waals surface area contributed by atoms with Crippen molar-refractivity contribution in [3.63, 3.8) is 0 Å². The van der Waals surface area contributed by atoms with Crippen LogP contribution < -0.4 is 4.57 Å². The quantitative estimate of drug-likeness (QED) is 0.467. The summed E-state index contributed by atoms with van der Waals surface area (Å²) in [4.78, 5) is 22.0. The lowest BCUT2D eigenvalue weighted by molar-refractivity contribution is -0.686. The number of aromatic nitrogens is 1. The zero-order valence-electron chi connectivity index (χ0n) is 12.4. The Bertz CT molecular complexity index is 658. The lowest BCUT2D eigenvalue weighted by atomic mass is 10.1. The molecule has 0 radical (unpaired) electrons. The molecule has 0 aliphatic rings. The molecule has 0 fully saturated rings. The van der Waals surface area contributed by atoms with Gasteiger partial charge in [-0.3, -0.25) is 4.79 Å². The second-order valence-electron chi connectivity index (χ2n) is 4.73. The first-order chi connectivity index (χ1) is 10.7. The van der Waals surface area contributed by atoms with Crippen LogP contribution in [0.25, 0.3) is 12.2 Å². The molecule has 22 heavy (non-hydrogen) atoms. The molecule has 0 N–H and O–H groups in total. The van der Waals surface area contributed by atoms with E-state index in [0.717, 1.165) is 17.4 Å². The van der Waals surface area contributed by atoms with Gasteiger partial charge in [0.15, 0.2) is 12.4 Å². The minimum atomic E-state index is -0.244. The van der Waals surface area contributed by atoms with Crippen molar-refractivity contribution in [3.8, 4) is 0 Å². The molecule has 0 spiro atoms. The lowest BCUT2D eigenvalue weighted by Gasteiger charge is -1.99. The molecule has 2 rings (SSSR count). The van der Waals surface area contributed by atoms with Gasteiger partial charge in [-0.1, -0.05) is 36.4 Å². The fourth-order valence-electron chi connectivity index (χ4n) is 1.92. The van der Waals surface area contributed by atoms with Crippen molar-refractivity contribution >= 4 is 24.4 Å². The number of esters is 1. The molecule has 112 valence electrons. The third kappa shape index (κ3) is 4.66. The van der Waals surface area contributed by atoms with E-state index in [1.807, 2.05) is 48.8 Å². The van der Waals surface area contributed by atoms with Crippen molar-refractivity contribution in [2.45, 2.75) is 13.5 Å². The highest BCUT2D eigenvalue weighted by molar-refractivity contribution is 5.76. The summed E-state index contributed by atoms with van der Waals surface area (Å²) in [6, 6.07) is 11.2. The molecule has 1 aromatic carbocycles. The first-order valence-corrected chi connectivity index (χ1v) is 7.09. The van der Waals surface area contributed by atoms with Gasteiger partial charge in [0.05, 0.1) is 6.61 Å². The second kappa shape index (κ2) is 7.88. The molecule has 1 aromatic heterocycles. The molecule has 0 saturated carbocycles. The molecule has 2 aromatic rings. The standard InChI is InChI=1S/C18H18NO3/c1-2-22-18(21)13-19-11-9-16(10-12-19)4-3-15-5-7-17(14-20)8-6-15/h3-12,14H,2,13H2,1H3/q+1/b4-3+. The summed E-state index contributed by atoms with van der Waals surface area (Å²) in [7, 11) is 0. The Kier molecular flexibility index (Phi) is 5.60. The van der Waals surface area contributed by atoms with Crippen LogP contribution in [0.5, 0.6) is 0 Å². The van der Waals surface area contributed by atoms with Crippen molar-refractivity contribution < 1.29 is 18.9 Å². The number of nitrogens with zero attached hydrogens (tertiary/aromatic N) is 1. The average molecular weight is 296 g/mol. The summed E-state index contributed by atoms with van der Waals surface area (Å²) in [5.74, 6) is -0.244. The average Bonchev–Trinajstić information content (AvgIpc) is 2.55. The Morgan fingerprint density at radius 1 is 1.00 bits per heavy atom. The summed E-state index contributed by atoms with van der Waals surface area (Å²) < 4.78 is 6.67. The Morgan fingerprint density at radius 3 is 2.09 bits per heavy atom. The van der Waals surface area contributed by atoms with Crippen LogP contribution in [0.1, 0.15) is 28.4 Å². The van der Waals surface area contributed by atoms with Crippen LogP contribution >= 0.6 is 0 Å². The zero-order chi connectivity index (χ0) is 15.8. The van der Waals surface area contributed by atoms with Crippen molar-refractivity contribution in [3.05, 3.63) is 65.5 Å². The van der Waals surface area contributed by atoms with E-state index in [1.54, 1.807) is 23.6 Å². The van der Waals surface area contributed by atoms with Crippen LogP contribution in [-0.4, -0.2) is 18.9 Å². The van der Waals surface area contributed by atoms with Crippen LogP contribution in [0, 0.1) is 0 Å². The molecule has 0 unspecified atom stereocenters. The van der Waals surface area contributed by atoms with Gasteiger partial charge < -0.3 is 4.74 Å². The fraction of sp³-hybridized carbons (Fsp3) is 0.167. The van der Waals surface area contributed by atoms with Gasteiger partial charge in [-0.15, -0.1) is 0 Å². The predicted octanol–water partition coefficient (Wildman–Crippen LogP) is 2.52. The van der Waals surface area contributed by atoms with Crippen molar-refractivity contribution in [2.75, 3.05) is 6.61 Å². The van der Waals surface area contributed by atoms with E-state index in [4.69, 9.17) is 4.74 Å². The Balaban J connectivity index is 1.99.